The van der Waals surface area contributed by atoms with Crippen LogP contribution in [0.2, 0.25) is 5.02 Å². The van der Waals surface area contributed by atoms with Gasteiger partial charge in [-0.15, -0.1) is 0 Å². The van der Waals surface area contributed by atoms with Crippen LogP contribution < -0.4 is 5.32 Å². The summed E-state index contributed by atoms with van der Waals surface area (Å²) in [5.74, 6) is -0.0348. The summed E-state index contributed by atoms with van der Waals surface area (Å²) < 4.78 is 4.80. The maximum absolute atomic E-state index is 11.7. The zero-order chi connectivity index (χ0) is 12.8. The van der Waals surface area contributed by atoms with Gasteiger partial charge in [0.15, 0.2) is 0 Å². The average molecular weight is 256 g/mol. The fourth-order valence-corrected chi connectivity index (χ4v) is 1.65. The lowest BCUT2D eigenvalue weighted by molar-refractivity contribution is -0.142. The van der Waals surface area contributed by atoms with Gasteiger partial charge in [-0.1, -0.05) is 31.9 Å². The molecule has 1 N–H and O–H groups in total. The summed E-state index contributed by atoms with van der Waals surface area (Å²) in [7, 11) is 1.40. The highest BCUT2D eigenvalue weighted by atomic mass is 35.5. The van der Waals surface area contributed by atoms with Crippen molar-refractivity contribution in [3.63, 3.8) is 0 Å². The van der Waals surface area contributed by atoms with Crippen LogP contribution in [0, 0.1) is 5.92 Å². The molecule has 0 heterocycles. The number of ether oxygens (including phenoxy) is 1. The molecule has 0 spiro atoms. The Morgan fingerprint density at radius 2 is 2.00 bits per heavy atom. The van der Waals surface area contributed by atoms with Crippen LogP contribution >= 0.6 is 11.6 Å². The summed E-state index contributed by atoms with van der Waals surface area (Å²) in [6.07, 6.45) is 0.903. The van der Waals surface area contributed by atoms with Gasteiger partial charge in [0.2, 0.25) is 0 Å². The van der Waals surface area contributed by atoms with E-state index in [9.17, 15) is 4.79 Å². The Hall–Kier alpha value is -1.22. The largest absolute Gasteiger partial charge is 0.467 e. The number of carbonyl (C=O) groups is 1. The highest BCUT2D eigenvalue weighted by Gasteiger charge is 2.24. The van der Waals surface area contributed by atoms with Gasteiger partial charge in [0, 0.05) is 10.7 Å². The third kappa shape index (κ3) is 3.93. The summed E-state index contributed by atoms with van der Waals surface area (Å²) in [5, 5.41) is 3.85. The molecule has 2 unspecified atom stereocenters. The summed E-state index contributed by atoms with van der Waals surface area (Å²) in [5.41, 5.74) is 0.866. The number of methoxy groups -OCH3 is 1. The summed E-state index contributed by atoms with van der Waals surface area (Å²) in [6.45, 7) is 4.06. The predicted octanol–water partition coefficient (Wildman–Crippen LogP) is 3.34. The normalized spacial score (nSPS) is 13.9. The van der Waals surface area contributed by atoms with Gasteiger partial charge in [0.1, 0.15) is 6.04 Å². The first-order chi connectivity index (χ1) is 8.08. The van der Waals surface area contributed by atoms with Gasteiger partial charge < -0.3 is 10.1 Å². The second-order valence-corrected chi connectivity index (χ2v) is 4.47. The molecule has 0 fully saturated rings. The lowest BCUT2D eigenvalue weighted by atomic mass is 9.99. The number of nitrogens with one attached hydrogen (secondary N) is 1. The molecule has 94 valence electrons. The lowest BCUT2D eigenvalue weighted by Gasteiger charge is -2.22. The van der Waals surface area contributed by atoms with Gasteiger partial charge in [-0.25, -0.2) is 4.79 Å². The second kappa shape index (κ2) is 6.50. The van der Waals surface area contributed by atoms with E-state index in [-0.39, 0.29) is 17.9 Å². The number of anilines is 1. The molecule has 17 heavy (non-hydrogen) atoms. The molecule has 1 aromatic rings. The average Bonchev–Trinajstić information content (AvgIpc) is 2.36. The van der Waals surface area contributed by atoms with Crippen molar-refractivity contribution in [1.82, 2.24) is 0 Å². The van der Waals surface area contributed by atoms with E-state index in [1.807, 2.05) is 26.0 Å². The van der Waals surface area contributed by atoms with Crippen LogP contribution in [-0.4, -0.2) is 19.1 Å². The molecule has 2 atom stereocenters. The molecule has 0 amide bonds. The molecule has 3 nitrogen and oxygen atoms in total. The molecule has 0 radical (unpaired) electrons. The molecular weight excluding hydrogens is 238 g/mol. The Balaban J connectivity index is 2.78. The number of hydrogen-bond donors (Lipinski definition) is 1. The Morgan fingerprint density at radius 3 is 2.47 bits per heavy atom. The Labute approximate surface area is 107 Å². The fraction of sp³-hybridized carbons (Fsp3) is 0.462. The highest BCUT2D eigenvalue weighted by Crippen LogP contribution is 2.18. The minimum absolute atomic E-state index is 0.207. The van der Waals surface area contributed by atoms with Gasteiger partial charge in [-0.2, -0.15) is 0 Å². The maximum Gasteiger partial charge on any atom is 0.328 e. The van der Waals surface area contributed by atoms with Gasteiger partial charge >= 0.3 is 5.97 Å². The number of halogens is 1. The van der Waals surface area contributed by atoms with Crippen molar-refractivity contribution in [2.45, 2.75) is 26.3 Å². The first kappa shape index (κ1) is 13.8. The zero-order valence-electron chi connectivity index (χ0n) is 10.4. The van der Waals surface area contributed by atoms with Crippen LogP contribution in [-0.2, 0) is 9.53 Å². The SMILES string of the molecule is CCC(C)C(Nc1ccc(Cl)cc1)C(=O)OC. The topological polar surface area (TPSA) is 38.3 Å². The third-order valence-corrected chi connectivity index (χ3v) is 3.09. The van der Waals surface area contributed by atoms with E-state index < -0.39 is 0 Å². The first-order valence-electron chi connectivity index (χ1n) is 5.68. The van der Waals surface area contributed by atoms with E-state index in [0.29, 0.717) is 5.02 Å². The van der Waals surface area contributed by atoms with Crippen LogP contribution in [0.1, 0.15) is 20.3 Å². The Kier molecular flexibility index (Phi) is 5.29. The van der Waals surface area contributed by atoms with E-state index in [1.54, 1.807) is 12.1 Å². The fourth-order valence-electron chi connectivity index (χ4n) is 1.52. The monoisotopic (exact) mass is 255 g/mol. The van der Waals surface area contributed by atoms with Crippen molar-refractivity contribution < 1.29 is 9.53 Å². The van der Waals surface area contributed by atoms with Crippen molar-refractivity contribution >= 4 is 23.3 Å². The van der Waals surface area contributed by atoms with Crippen molar-refractivity contribution in [2.24, 2.45) is 5.92 Å². The smallest absolute Gasteiger partial charge is 0.328 e. The maximum atomic E-state index is 11.7. The van der Waals surface area contributed by atoms with Crippen molar-refractivity contribution in [1.29, 1.82) is 0 Å². The van der Waals surface area contributed by atoms with Gasteiger partial charge in [0.05, 0.1) is 7.11 Å². The van der Waals surface area contributed by atoms with Crippen LogP contribution in [0.15, 0.2) is 24.3 Å². The molecule has 0 aliphatic heterocycles. The third-order valence-electron chi connectivity index (χ3n) is 2.83. The van der Waals surface area contributed by atoms with Crippen molar-refractivity contribution in [3.8, 4) is 0 Å². The summed E-state index contributed by atoms with van der Waals surface area (Å²) in [6, 6.07) is 6.94. The van der Waals surface area contributed by atoms with Crippen LogP contribution in [0.4, 0.5) is 5.69 Å². The molecule has 0 aliphatic carbocycles. The number of esters is 1. The van der Waals surface area contributed by atoms with Crippen molar-refractivity contribution in [2.75, 3.05) is 12.4 Å². The zero-order valence-corrected chi connectivity index (χ0v) is 11.1. The minimum Gasteiger partial charge on any atom is -0.467 e. The van der Waals surface area contributed by atoms with E-state index in [0.717, 1.165) is 12.1 Å². The molecule has 0 bridgehead atoms. The molecule has 0 aromatic heterocycles. The highest BCUT2D eigenvalue weighted by molar-refractivity contribution is 6.30. The number of rotatable bonds is 5. The number of benzene rings is 1. The molecule has 0 saturated carbocycles. The molecule has 0 aliphatic rings. The second-order valence-electron chi connectivity index (χ2n) is 4.04. The van der Waals surface area contributed by atoms with E-state index in [4.69, 9.17) is 16.3 Å². The number of carbonyl (C=O) groups excluding carboxylic acids is 1. The quantitative estimate of drug-likeness (QED) is 0.820. The van der Waals surface area contributed by atoms with Gasteiger partial charge in [-0.3, -0.25) is 0 Å². The van der Waals surface area contributed by atoms with Crippen LogP contribution in [0.3, 0.4) is 0 Å². The number of hydrogen-bond acceptors (Lipinski definition) is 3. The predicted molar refractivity (Wildman–Crippen MR) is 70.3 cm³/mol. The van der Waals surface area contributed by atoms with Crippen LogP contribution in [0.25, 0.3) is 0 Å². The Bertz CT molecular complexity index is 364. The molecule has 1 rings (SSSR count). The standard InChI is InChI=1S/C13H18ClNO2/c1-4-9(2)12(13(16)17-3)15-11-7-5-10(14)6-8-11/h5-9,12,15H,4H2,1-3H3. The van der Waals surface area contributed by atoms with E-state index in [2.05, 4.69) is 5.32 Å². The molecular formula is C13H18ClNO2. The molecule has 4 heteroatoms. The lowest BCUT2D eigenvalue weighted by Crippen LogP contribution is -2.36. The minimum atomic E-state index is -0.328. The van der Waals surface area contributed by atoms with Crippen molar-refractivity contribution in [3.05, 3.63) is 29.3 Å². The van der Waals surface area contributed by atoms with Gasteiger partial charge in [0.25, 0.3) is 0 Å². The summed E-state index contributed by atoms with van der Waals surface area (Å²) >= 11 is 5.81. The van der Waals surface area contributed by atoms with Gasteiger partial charge in [-0.05, 0) is 30.2 Å². The Morgan fingerprint density at radius 1 is 1.41 bits per heavy atom. The molecule has 0 saturated heterocycles. The van der Waals surface area contributed by atoms with E-state index in [1.165, 1.54) is 7.11 Å². The summed E-state index contributed by atoms with van der Waals surface area (Å²) in [4.78, 5) is 11.7. The van der Waals surface area contributed by atoms with E-state index >= 15 is 0 Å². The first-order valence-corrected chi connectivity index (χ1v) is 6.06. The molecule has 1 aromatic carbocycles. The van der Waals surface area contributed by atoms with Crippen LogP contribution in [0.5, 0.6) is 0 Å².